The van der Waals surface area contributed by atoms with E-state index in [1.807, 2.05) is 0 Å². The normalized spacial score (nSPS) is 23.2. The van der Waals surface area contributed by atoms with E-state index in [0.29, 0.717) is 22.0 Å². The molecule has 0 radical (unpaired) electrons. The van der Waals surface area contributed by atoms with Gasteiger partial charge in [0, 0.05) is 24.1 Å². The van der Waals surface area contributed by atoms with Gasteiger partial charge in [0.1, 0.15) is 5.75 Å². The highest BCUT2D eigenvalue weighted by Gasteiger charge is 2.38. The first-order valence-corrected chi connectivity index (χ1v) is 9.40. The fourth-order valence-electron chi connectivity index (χ4n) is 2.30. The number of nitro groups is 1. The van der Waals surface area contributed by atoms with Crippen LogP contribution >= 0.6 is 31.0 Å². The molecule has 0 spiro atoms. The van der Waals surface area contributed by atoms with Gasteiger partial charge in [-0.3, -0.25) is 19.2 Å². The molecule has 1 aliphatic rings. The molecule has 0 aliphatic carbocycles. The topological polar surface area (TPSA) is 87.9 Å². The number of rotatable bonds is 4. The minimum absolute atomic E-state index is 0.111. The molecule has 0 unspecified atom stereocenters. The standard InChI is InChI=1S/C15H12Cl2NO6P/c16-13-3-1-2-12(15(13)17)14-8-9-22-25(21,24-14)23-11-6-4-10(5-7-11)18(19)20/h1-7,14H,8-9H2/t14-,25-/m0/s1. The summed E-state index contributed by atoms with van der Waals surface area (Å²) in [5, 5.41) is 11.3. The Hall–Kier alpha value is -1.63. The molecule has 2 aromatic carbocycles. The fraction of sp³-hybridized carbons (Fsp3) is 0.200. The number of halogens is 2. The van der Waals surface area contributed by atoms with Crippen LogP contribution in [0.4, 0.5) is 5.69 Å². The van der Waals surface area contributed by atoms with E-state index in [1.54, 1.807) is 18.2 Å². The average molecular weight is 404 g/mol. The Bertz CT molecular complexity index is 844. The molecule has 7 nitrogen and oxygen atoms in total. The van der Waals surface area contributed by atoms with Crippen molar-refractivity contribution < 1.29 is 23.1 Å². The number of phosphoric acid groups is 1. The van der Waals surface area contributed by atoms with Crippen LogP contribution in [0.5, 0.6) is 5.75 Å². The molecular formula is C15H12Cl2NO6P. The number of non-ortho nitro benzene ring substituents is 1. The molecule has 0 saturated carbocycles. The maximum atomic E-state index is 12.7. The largest absolute Gasteiger partial charge is 0.530 e. The predicted molar refractivity (Wildman–Crippen MR) is 92.2 cm³/mol. The Morgan fingerprint density at radius 1 is 1.20 bits per heavy atom. The van der Waals surface area contributed by atoms with E-state index < -0.39 is 18.8 Å². The summed E-state index contributed by atoms with van der Waals surface area (Å²) < 4.78 is 28.7. The van der Waals surface area contributed by atoms with Gasteiger partial charge in [-0.1, -0.05) is 35.3 Å². The Labute approximate surface area is 153 Å². The number of benzene rings is 2. The summed E-state index contributed by atoms with van der Waals surface area (Å²) in [6, 6.07) is 10.2. The molecule has 1 fully saturated rings. The highest BCUT2D eigenvalue weighted by molar-refractivity contribution is 7.49. The van der Waals surface area contributed by atoms with Crippen LogP contribution in [-0.2, 0) is 13.6 Å². The summed E-state index contributed by atoms with van der Waals surface area (Å²) in [4.78, 5) is 10.1. The second-order valence-corrected chi connectivity index (χ2v) is 7.48. The maximum Gasteiger partial charge on any atom is 0.530 e. The minimum Gasteiger partial charge on any atom is -0.404 e. The molecule has 2 atom stereocenters. The molecule has 0 bridgehead atoms. The van der Waals surface area contributed by atoms with Crippen molar-refractivity contribution >= 4 is 36.7 Å². The molecule has 0 amide bonds. The van der Waals surface area contributed by atoms with Crippen LogP contribution in [-0.4, -0.2) is 11.5 Å². The van der Waals surface area contributed by atoms with Crippen LogP contribution in [0.1, 0.15) is 18.1 Å². The summed E-state index contributed by atoms with van der Waals surface area (Å²) in [6.07, 6.45) is -0.183. The summed E-state index contributed by atoms with van der Waals surface area (Å²) in [6.45, 7) is 0.137. The van der Waals surface area contributed by atoms with Gasteiger partial charge in [0.15, 0.2) is 0 Å². The van der Waals surface area contributed by atoms with Crippen molar-refractivity contribution in [3.05, 3.63) is 68.2 Å². The number of nitrogens with zero attached hydrogens (tertiary/aromatic N) is 1. The van der Waals surface area contributed by atoms with E-state index in [-0.39, 0.29) is 18.0 Å². The molecule has 0 aromatic heterocycles. The van der Waals surface area contributed by atoms with E-state index in [1.165, 1.54) is 24.3 Å². The number of phosphoric ester groups is 1. The molecule has 2 aromatic rings. The lowest BCUT2D eigenvalue weighted by Gasteiger charge is -2.29. The van der Waals surface area contributed by atoms with Crippen molar-refractivity contribution in [1.29, 1.82) is 0 Å². The van der Waals surface area contributed by atoms with Gasteiger partial charge in [-0.25, -0.2) is 4.57 Å². The van der Waals surface area contributed by atoms with Crippen molar-refractivity contribution in [3.8, 4) is 5.75 Å². The Morgan fingerprint density at radius 3 is 2.60 bits per heavy atom. The van der Waals surface area contributed by atoms with Crippen LogP contribution in [0.3, 0.4) is 0 Å². The Balaban J connectivity index is 1.78. The van der Waals surface area contributed by atoms with E-state index in [4.69, 9.17) is 36.8 Å². The quantitative estimate of drug-likeness (QED) is 0.376. The van der Waals surface area contributed by atoms with Crippen molar-refractivity contribution in [2.24, 2.45) is 0 Å². The second-order valence-electron chi connectivity index (χ2n) is 5.15. The number of hydrogen-bond donors (Lipinski definition) is 0. The van der Waals surface area contributed by atoms with Gasteiger partial charge in [-0.15, -0.1) is 0 Å². The highest BCUT2D eigenvalue weighted by atomic mass is 35.5. The zero-order valence-corrected chi connectivity index (χ0v) is 15.0. The molecular weight excluding hydrogens is 392 g/mol. The average Bonchev–Trinajstić information content (AvgIpc) is 2.57. The van der Waals surface area contributed by atoms with Gasteiger partial charge in [0.05, 0.1) is 27.7 Å². The van der Waals surface area contributed by atoms with Crippen molar-refractivity contribution in [2.75, 3.05) is 6.61 Å². The molecule has 1 aliphatic heterocycles. The molecule has 132 valence electrons. The summed E-state index contributed by atoms with van der Waals surface area (Å²) in [5.41, 5.74) is 0.477. The van der Waals surface area contributed by atoms with Gasteiger partial charge >= 0.3 is 7.82 Å². The van der Waals surface area contributed by atoms with E-state index in [9.17, 15) is 14.7 Å². The van der Waals surface area contributed by atoms with Crippen LogP contribution in [0, 0.1) is 10.1 Å². The van der Waals surface area contributed by atoms with Crippen LogP contribution < -0.4 is 4.52 Å². The summed E-state index contributed by atoms with van der Waals surface area (Å²) >= 11 is 12.2. The molecule has 25 heavy (non-hydrogen) atoms. The number of nitro benzene ring substituents is 1. The Kier molecular flexibility index (Phi) is 5.32. The predicted octanol–water partition coefficient (Wildman–Crippen LogP) is 5.57. The lowest BCUT2D eigenvalue weighted by Crippen LogP contribution is -2.17. The smallest absolute Gasteiger partial charge is 0.404 e. The van der Waals surface area contributed by atoms with E-state index in [2.05, 4.69) is 0 Å². The molecule has 3 rings (SSSR count). The van der Waals surface area contributed by atoms with E-state index >= 15 is 0 Å². The monoisotopic (exact) mass is 403 g/mol. The zero-order chi connectivity index (χ0) is 18.0. The maximum absolute atomic E-state index is 12.7. The first kappa shape index (κ1) is 18.2. The van der Waals surface area contributed by atoms with Gasteiger partial charge < -0.3 is 4.52 Å². The van der Waals surface area contributed by atoms with Gasteiger partial charge in [0.2, 0.25) is 0 Å². The molecule has 1 heterocycles. The summed E-state index contributed by atoms with van der Waals surface area (Å²) in [5.74, 6) is 0.131. The zero-order valence-electron chi connectivity index (χ0n) is 12.6. The fourth-order valence-corrected chi connectivity index (χ4v) is 4.12. The molecule has 0 N–H and O–H groups in total. The van der Waals surface area contributed by atoms with Gasteiger partial charge in [-0.05, 0) is 18.2 Å². The third-order valence-corrected chi connectivity index (χ3v) is 5.76. The Morgan fingerprint density at radius 2 is 1.92 bits per heavy atom. The molecule has 1 saturated heterocycles. The third kappa shape index (κ3) is 4.14. The lowest BCUT2D eigenvalue weighted by atomic mass is 10.1. The van der Waals surface area contributed by atoms with Crippen molar-refractivity contribution in [2.45, 2.75) is 12.5 Å². The molecule has 10 heteroatoms. The van der Waals surface area contributed by atoms with Crippen LogP contribution in [0.25, 0.3) is 0 Å². The first-order valence-electron chi connectivity index (χ1n) is 7.19. The summed E-state index contributed by atoms with van der Waals surface area (Å²) in [7, 11) is -3.90. The van der Waals surface area contributed by atoms with Crippen LogP contribution in [0.15, 0.2) is 42.5 Å². The third-order valence-electron chi connectivity index (χ3n) is 3.48. The van der Waals surface area contributed by atoms with Gasteiger partial charge in [0.25, 0.3) is 5.69 Å². The number of hydrogen-bond acceptors (Lipinski definition) is 6. The SMILES string of the molecule is O=[N+]([O-])c1ccc(O[P@]2(=O)OCC[C@@H](c3cccc(Cl)c3Cl)O2)cc1. The van der Waals surface area contributed by atoms with Gasteiger partial charge in [-0.2, -0.15) is 0 Å². The van der Waals surface area contributed by atoms with E-state index in [0.717, 1.165) is 0 Å². The first-order chi connectivity index (χ1) is 11.9. The van der Waals surface area contributed by atoms with Crippen molar-refractivity contribution in [1.82, 2.24) is 0 Å². The van der Waals surface area contributed by atoms with Crippen LogP contribution in [0.2, 0.25) is 10.0 Å². The lowest BCUT2D eigenvalue weighted by molar-refractivity contribution is -0.384. The van der Waals surface area contributed by atoms with Crippen molar-refractivity contribution in [3.63, 3.8) is 0 Å². The highest BCUT2D eigenvalue weighted by Crippen LogP contribution is 2.57. The minimum atomic E-state index is -3.90. The second kappa shape index (κ2) is 7.32.